The third-order valence-corrected chi connectivity index (χ3v) is 4.58. The molecule has 156 valence electrons. The number of phenolic OH excluding ortho intramolecular Hbond substituents is 1. The first-order valence-corrected chi connectivity index (χ1v) is 9.32. The number of nitrogens with one attached hydrogen (secondary N) is 1. The van der Waals surface area contributed by atoms with Gasteiger partial charge in [-0.05, 0) is 38.1 Å². The molecule has 0 atom stereocenters. The summed E-state index contributed by atoms with van der Waals surface area (Å²) < 4.78 is 6.97. The fraction of sp³-hybridized carbons (Fsp3) is 0.238. The second-order valence-electron chi connectivity index (χ2n) is 6.70. The van der Waals surface area contributed by atoms with Crippen LogP contribution in [0.5, 0.6) is 5.75 Å². The maximum Gasteiger partial charge on any atom is 0.339 e. The summed E-state index contributed by atoms with van der Waals surface area (Å²) in [6, 6.07) is 6.18. The second-order valence-corrected chi connectivity index (χ2v) is 6.70. The Hall–Kier alpha value is -3.88. The third kappa shape index (κ3) is 4.40. The summed E-state index contributed by atoms with van der Waals surface area (Å²) in [7, 11) is 0. The van der Waals surface area contributed by atoms with E-state index in [9.17, 15) is 24.6 Å². The van der Waals surface area contributed by atoms with Crippen molar-refractivity contribution >= 4 is 23.3 Å². The number of aromatic carboxylic acids is 1. The summed E-state index contributed by atoms with van der Waals surface area (Å²) in [5.74, 6) is -1.46. The van der Waals surface area contributed by atoms with Gasteiger partial charge < -0.3 is 24.6 Å². The van der Waals surface area contributed by atoms with Gasteiger partial charge in [0.25, 0.3) is 0 Å². The van der Waals surface area contributed by atoms with Crippen molar-refractivity contribution in [1.82, 2.24) is 9.72 Å². The number of hydrogen-bond acceptors (Lipinski definition) is 6. The highest BCUT2D eigenvalue weighted by Crippen LogP contribution is 2.28. The molecule has 3 N–H and O–H groups in total. The minimum absolute atomic E-state index is 0.00362. The Balaban J connectivity index is 1.75. The molecule has 1 amide bonds. The lowest BCUT2D eigenvalue weighted by molar-refractivity contribution is -0.116. The summed E-state index contributed by atoms with van der Waals surface area (Å²) in [4.78, 5) is 35.9. The molecule has 2 aromatic heterocycles. The van der Waals surface area contributed by atoms with Crippen molar-refractivity contribution < 1.29 is 29.1 Å². The predicted octanol–water partition coefficient (Wildman–Crippen LogP) is 3.34. The summed E-state index contributed by atoms with van der Waals surface area (Å²) >= 11 is 0. The highest BCUT2D eigenvalue weighted by molar-refractivity contribution is 6.02. The van der Waals surface area contributed by atoms with Gasteiger partial charge in [-0.3, -0.25) is 9.59 Å². The minimum atomic E-state index is -1.13. The Labute approximate surface area is 171 Å². The zero-order valence-electron chi connectivity index (χ0n) is 16.5. The third-order valence-electron chi connectivity index (χ3n) is 4.58. The van der Waals surface area contributed by atoms with Crippen molar-refractivity contribution in [2.24, 2.45) is 0 Å². The molecular formula is C21H21N3O6. The molecule has 0 aliphatic heterocycles. The number of aromatic hydroxyl groups is 1. The molecule has 0 radical (unpaired) electrons. The molecule has 0 aliphatic rings. The summed E-state index contributed by atoms with van der Waals surface area (Å²) in [5.41, 5.74) is 1.43. The number of nitrogens with zero attached hydrogens (tertiary/aromatic N) is 2. The highest BCUT2D eigenvalue weighted by atomic mass is 16.5. The number of ketones is 1. The minimum Gasteiger partial charge on any atom is -0.508 e. The standard InChI is InChI=1S/C21H21N3O6/c1-3-24-10-15(21(28)29)16(11-24)22-18(27)9-8-17-19(12(2)25)20(23-30-17)13-4-6-14(26)7-5-13/h4-7,10-11,26H,3,8-9H2,1-2H3,(H,22,27)(H,28,29). The summed E-state index contributed by atoms with van der Waals surface area (Å²) in [6.45, 7) is 3.80. The average molecular weight is 411 g/mol. The van der Waals surface area contributed by atoms with Gasteiger partial charge in [-0.15, -0.1) is 0 Å². The lowest BCUT2D eigenvalue weighted by atomic mass is 10.0. The van der Waals surface area contributed by atoms with Crippen LogP contribution in [0.4, 0.5) is 5.69 Å². The normalized spacial score (nSPS) is 10.7. The molecule has 1 aromatic carbocycles. The maximum absolute atomic E-state index is 12.4. The molecule has 0 saturated carbocycles. The van der Waals surface area contributed by atoms with E-state index in [1.54, 1.807) is 22.9 Å². The van der Waals surface area contributed by atoms with E-state index in [4.69, 9.17) is 4.52 Å². The molecule has 9 heteroatoms. The van der Waals surface area contributed by atoms with Crippen molar-refractivity contribution in [3.63, 3.8) is 0 Å². The van der Waals surface area contributed by atoms with Gasteiger partial charge >= 0.3 is 5.97 Å². The zero-order chi connectivity index (χ0) is 21.8. The number of aromatic nitrogens is 2. The molecule has 9 nitrogen and oxygen atoms in total. The van der Waals surface area contributed by atoms with Crippen molar-refractivity contribution in [3.05, 3.63) is 53.5 Å². The number of anilines is 1. The zero-order valence-corrected chi connectivity index (χ0v) is 16.5. The Morgan fingerprint density at radius 1 is 1.17 bits per heavy atom. The van der Waals surface area contributed by atoms with Gasteiger partial charge in [0, 0.05) is 37.3 Å². The number of aryl methyl sites for hydroxylation is 2. The Morgan fingerprint density at radius 3 is 2.47 bits per heavy atom. The lowest BCUT2D eigenvalue weighted by Crippen LogP contribution is -2.14. The number of phenols is 1. The number of Topliss-reactive ketones (excluding diaryl/α,β-unsaturated/α-hetero) is 1. The molecule has 2 heterocycles. The van der Waals surface area contributed by atoms with Gasteiger partial charge in [0.05, 0.1) is 11.3 Å². The number of amides is 1. The van der Waals surface area contributed by atoms with Crippen LogP contribution in [0, 0.1) is 0 Å². The van der Waals surface area contributed by atoms with Crippen LogP contribution in [0.2, 0.25) is 0 Å². The molecule has 0 saturated heterocycles. The van der Waals surface area contributed by atoms with Crippen LogP contribution in [-0.4, -0.2) is 37.6 Å². The van der Waals surface area contributed by atoms with E-state index >= 15 is 0 Å². The molecule has 3 rings (SSSR count). The van der Waals surface area contributed by atoms with E-state index in [1.807, 2.05) is 6.92 Å². The number of carbonyl (C=O) groups is 3. The smallest absolute Gasteiger partial charge is 0.339 e. The number of hydrogen-bond donors (Lipinski definition) is 3. The Morgan fingerprint density at radius 2 is 1.87 bits per heavy atom. The van der Waals surface area contributed by atoms with Crippen molar-refractivity contribution in [1.29, 1.82) is 0 Å². The maximum atomic E-state index is 12.4. The van der Waals surface area contributed by atoms with Crippen LogP contribution >= 0.6 is 0 Å². The molecule has 30 heavy (non-hydrogen) atoms. The quantitative estimate of drug-likeness (QED) is 0.484. The Bertz CT molecular complexity index is 1090. The van der Waals surface area contributed by atoms with Crippen molar-refractivity contribution in [2.45, 2.75) is 33.2 Å². The molecule has 0 fully saturated rings. The van der Waals surface area contributed by atoms with Crippen LogP contribution in [0.3, 0.4) is 0 Å². The van der Waals surface area contributed by atoms with Gasteiger partial charge in [0.1, 0.15) is 22.8 Å². The van der Waals surface area contributed by atoms with Crippen molar-refractivity contribution in [3.8, 4) is 17.0 Å². The molecule has 0 unspecified atom stereocenters. The van der Waals surface area contributed by atoms with Crippen LogP contribution in [0.25, 0.3) is 11.3 Å². The average Bonchev–Trinajstić information content (AvgIpc) is 3.31. The van der Waals surface area contributed by atoms with Crippen LogP contribution in [0.1, 0.15) is 46.7 Å². The molecular weight excluding hydrogens is 390 g/mol. The SMILES string of the molecule is CCn1cc(NC(=O)CCc2onc(-c3ccc(O)cc3)c2C(C)=O)c(C(=O)O)c1. The Kier molecular flexibility index (Phi) is 6.01. The number of benzene rings is 1. The number of carboxylic acids is 1. The van der Waals surface area contributed by atoms with Gasteiger partial charge in [-0.25, -0.2) is 4.79 Å². The van der Waals surface area contributed by atoms with E-state index in [-0.39, 0.29) is 46.9 Å². The summed E-state index contributed by atoms with van der Waals surface area (Å²) in [5, 5.41) is 25.3. The van der Waals surface area contributed by atoms with Crippen LogP contribution < -0.4 is 5.32 Å². The molecule has 0 spiro atoms. The van der Waals surface area contributed by atoms with E-state index in [2.05, 4.69) is 10.5 Å². The van der Waals surface area contributed by atoms with Gasteiger partial charge in [-0.1, -0.05) is 5.16 Å². The predicted molar refractivity (Wildman–Crippen MR) is 108 cm³/mol. The summed E-state index contributed by atoms with van der Waals surface area (Å²) in [6.07, 6.45) is 3.09. The first kappa shape index (κ1) is 20.8. The number of rotatable bonds is 8. The first-order chi connectivity index (χ1) is 14.3. The second kappa shape index (κ2) is 8.64. The lowest BCUT2D eigenvalue weighted by Gasteiger charge is -2.04. The van der Waals surface area contributed by atoms with Gasteiger partial charge in [0.15, 0.2) is 5.78 Å². The fourth-order valence-corrected chi connectivity index (χ4v) is 3.07. The molecule has 3 aromatic rings. The van der Waals surface area contributed by atoms with Gasteiger partial charge in [-0.2, -0.15) is 0 Å². The van der Waals surface area contributed by atoms with Crippen LogP contribution in [-0.2, 0) is 17.8 Å². The topological polar surface area (TPSA) is 135 Å². The first-order valence-electron chi connectivity index (χ1n) is 9.32. The van der Waals surface area contributed by atoms with Gasteiger partial charge in [0.2, 0.25) is 5.91 Å². The van der Waals surface area contributed by atoms with E-state index in [1.165, 1.54) is 25.3 Å². The number of carbonyl (C=O) groups excluding carboxylic acids is 2. The molecule has 0 aliphatic carbocycles. The van der Waals surface area contributed by atoms with E-state index < -0.39 is 11.9 Å². The highest BCUT2D eigenvalue weighted by Gasteiger charge is 2.22. The van der Waals surface area contributed by atoms with E-state index in [0.717, 1.165) is 0 Å². The molecule has 0 bridgehead atoms. The van der Waals surface area contributed by atoms with Crippen LogP contribution in [0.15, 0.2) is 41.2 Å². The fourth-order valence-electron chi connectivity index (χ4n) is 3.07. The number of carboxylic acid groups (broad SMARTS) is 1. The van der Waals surface area contributed by atoms with Crippen molar-refractivity contribution in [2.75, 3.05) is 5.32 Å². The largest absolute Gasteiger partial charge is 0.508 e. The monoisotopic (exact) mass is 411 g/mol. The van der Waals surface area contributed by atoms with E-state index in [0.29, 0.717) is 17.8 Å².